The topological polar surface area (TPSA) is 54.9 Å². The third-order valence-corrected chi connectivity index (χ3v) is 4.30. The number of nitrogens with zero attached hydrogens (tertiary/aromatic N) is 1. The van der Waals surface area contributed by atoms with Crippen LogP contribution in [0.1, 0.15) is 31.2 Å². The van der Waals surface area contributed by atoms with Crippen molar-refractivity contribution in [2.24, 2.45) is 10.9 Å². The summed E-state index contributed by atoms with van der Waals surface area (Å²) < 4.78 is 11.1. The first kappa shape index (κ1) is 22.2. The van der Waals surface area contributed by atoms with E-state index >= 15 is 0 Å². The Bertz CT molecular complexity index is 479. The van der Waals surface area contributed by atoms with Gasteiger partial charge in [-0.15, -0.1) is 24.0 Å². The van der Waals surface area contributed by atoms with Gasteiger partial charge in [0, 0.05) is 39.3 Å². The number of nitrogens with one attached hydrogen (secondary N) is 2. The van der Waals surface area contributed by atoms with E-state index in [9.17, 15) is 0 Å². The van der Waals surface area contributed by atoms with Crippen LogP contribution in [0.4, 0.5) is 0 Å². The first-order valence-electron chi connectivity index (χ1n) is 8.94. The fourth-order valence-corrected chi connectivity index (χ4v) is 2.72. The molecule has 1 fully saturated rings. The van der Waals surface area contributed by atoms with Crippen molar-refractivity contribution >= 4 is 29.9 Å². The number of aliphatic imine (C=N–C) groups is 1. The van der Waals surface area contributed by atoms with E-state index in [4.69, 9.17) is 9.47 Å². The number of ether oxygens (including phenoxy) is 2. The summed E-state index contributed by atoms with van der Waals surface area (Å²) in [6.45, 7) is 7.29. The quantitative estimate of drug-likeness (QED) is 0.257. The van der Waals surface area contributed by atoms with E-state index in [-0.39, 0.29) is 24.0 Å². The van der Waals surface area contributed by atoms with Gasteiger partial charge in [-0.05, 0) is 24.3 Å². The summed E-state index contributed by atoms with van der Waals surface area (Å²) in [5, 5.41) is 6.72. The molecule has 1 saturated heterocycles. The molecule has 2 N–H and O–H groups in total. The zero-order valence-corrected chi connectivity index (χ0v) is 17.7. The molecule has 25 heavy (non-hydrogen) atoms. The number of guanidine groups is 1. The third kappa shape index (κ3) is 8.87. The van der Waals surface area contributed by atoms with Gasteiger partial charge in [0.25, 0.3) is 0 Å². The smallest absolute Gasteiger partial charge is 0.190 e. The molecule has 2 unspecified atom stereocenters. The van der Waals surface area contributed by atoms with Crippen LogP contribution in [-0.4, -0.2) is 52.5 Å². The van der Waals surface area contributed by atoms with Crippen molar-refractivity contribution in [3.63, 3.8) is 0 Å². The first-order valence-corrected chi connectivity index (χ1v) is 8.94. The Morgan fingerprint density at radius 1 is 1.32 bits per heavy atom. The van der Waals surface area contributed by atoms with Crippen LogP contribution in [0.15, 0.2) is 35.3 Å². The van der Waals surface area contributed by atoms with E-state index in [1.165, 1.54) is 5.56 Å². The fraction of sp³-hybridized carbons (Fsp3) is 0.632. The lowest BCUT2D eigenvalue weighted by Crippen LogP contribution is -2.39. The Kier molecular flexibility index (Phi) is 11.9. The molecule has 1 aromatic carbocycles. The summed E-state index contributed by atoms with van der Waals surface area (Å²) >= 11 is 0. The van der Waals surface area contributed by atoms with Crippen LogP contribution in [0.3, 0.4) is 0 Å². The summed E-state index contributed by atoms with van der Waals surface area (Å²) in [6, 6.07) is 10.5. The molecule has 2 atom stereocenters. The van der Waals surface area contributed by atoms with Gasteiger partial charge in [0.2, 0.25) is 0 Å². The Balaban J connectivity index is 0.00000312. The second-order valence-electron chi connectivity index (χ2n) is 6.35. The molecule has 6 heteroatoms. The average molecular weight is 461 g/mol. The number of rotatable bonds is 9. The monoisotopic (exact) mass is 461 g/mol. The van der Waals surface area contributed by atoms with Gasteiger partial charge in [-0.1, -0.05) is 37.3 Å². The van der Waals surface area contributed by atoms with Crippen molar-refractivity contribution in [1.29, 1.82) is 0 Å². The highest BCUT2D eigenvalue weighted by Crippen LogP contribution is 2.13. The molecule has 142 valence electrons. The summed E-state index contributed by atoms with van der Waals surface area (Å²) in [7, 11) is 1.80. The van der Waals surface area contributed by atoms with Gasteiger partial charge in [0.1, 0.15) is 0 Å². The summed E-state index contributed by atoms with van der Waals surface area (Å²) in [5.41, 5.74) is 1.34. The van der Waals surface area contributed by atoms with Gasteiger partial charge >= 0.3 is 0 Å². The lowest BCUT2D eigenvalue weighted by atomic mass is 10.0. The Hall–Kier alpha value is -0.860. The van der Waals surface area contributed by atoms with Crippen LogP contribution in [0.2, 0.25) is 0 Å². The first-order chi connectivity index (χ1) is 11.8. The molecule has 2 rings (SSSR count). The van der Waals surface area contributed by atoms with E-state index < -0.39 is 0 Å². The molecule has 5 nitrogen and oxygen atoms in total. The second-order valence-corrected chi connectivity index (χ2v) is 6.35. The maximum absolute atomic E-state index is 5.71. The molecule has 0 bridgehead atoms. The van der Waals surface area contributed by atoms with Crippen LogP contribution in [0.25, 0.3) is 0 Å². The zero-order valence-electron chi connectivity index (χ0n) is 15.4. The van der Waals surface area contributed by atoms with Gasteiger partial charge in [-0.2, -0.15) is 0 Å². The van der Waals surface area contributed by atoms with Gasteiger partial charge in [0.15, 0.2) is 5.96 Å². The molecule has 1 aliphatic rings. The molecule has 0 spiro atoms. The Morgan fingerprint density at radius 3 is 2.80 bits per heavy atom. The fourth-order valence-electron chi connectivity index (χ4n) is 2.72. The SMILES string of the molecule is CN=C(NCCCOCC1CCOC1)NCC(C)c1ccccc1.I. The molecular formula is C19H32IN3O2. The highest BCUT2D eigenvalue weighted by atomic mass is 127. The minimum Gasteiger partial charge on any atom is -0.381 e. The maximum atomic E-state index is 5.71. The number of benzene rings is 1. The summed E-state index contributed by atoms with van der Waals surface area (Å²) in [4.78, 5) is 4.27. The molecule has 0 amide bonds. The van der Waals surface area contributed by atoms with Gasteiger partial charge in [0.05, 0.1) is 13.2 Å². The average Bonchev–Trinajstić information content (AvgIpc) is 3.14. The molecule has 1 aliphatic heterocycles. The van der Waals surface area contributed by atoms with Gasteiger partial charge in [-0.25, -0.2) is 0 Å². The molecule has 0 radical (unpaired) electrons. The zero-order chi connectivity index (χ0) is 17.0. The minimum atomic E-state index is 0. The predicted octanol–water partition coefficient (Wildman–Crippen LogP) is 3.02. The highest BCUT2D eigenvalue weighted by Gasteiger charge is 2.15. The largest absolute Gasteiger partial charge is 0.381 e. The molecule has 1 heterocycles. The Labute approximate surface area is 169 Å². The lowest BCUT2D eigenvalue weighted by Gasteiger charge is -2.16. The van der Waals surface area contributed by atoms with Crippen molar-refractivity contribution in [3.05, 3.63) is 35.9 Å². The van der Waals surface area contributed by atoms with Gasteiger partial charge in [-0.3, -0.25) is 4.99 Å². The van der Waals surface area contributed by atoms with E-state index in [1.54, 1.807) is 7.05 Å². The molecule has 1 aromatic rings. The lowest BCUT2D eigenvalue weighted by molar-refractivity contribution is 0.0888. The van der Waals surface area contributed by atoms with E-state index in [1.807, 2.05) is 6.07 Å². The van der Waals surface area contributed by atoms with Crippen molar-refractivity contribution in [3.8, 4) is 0 Å². The van der Waals surface area contributed by atoms with Crippen LogP contribution in [0, 0.1) is 5.92 Å². The van der Waals surface area contributed by atoms with Crippen molar-refractivity contribution in [2.75, 3.05) is 46.6 Å². The summed E-state index contributed by atoms with van der Waals surface area (Å²) in [5.74, 6) is 1.88. The predicted molar refractivity (Wildman–Crippen MR) is 114 cm³/mol. The van der Waals surface area contributed by atoms with Crippen molar-refractivity contribution < 1.29 is 9.47 Å². The van der Waals surface area contributed by atoms with Crippen molar-refractivity contribution in [1.82, 2.24) is 10.6 Å². The third-order valence-electron chi connectivity index (χ3n) is 4.30. The maximum Gasteiger partial charge on any atom is 0.190 e. The normalized spacial score (nSPS) is 18.5. The number of halogens is 1. The Morgan fingerprint density at radius 2 is 2.12 bits per heavy atom. The van der Waals surface area contributed by atoms with E-state index in [0.717, 1.165) is 58.3 Å². The van der Waals surface area contributed by atoms with Crippen LogP contribution < -0.4 is 10.6 Å². The van der Waals surface area contributed by atoms with Crippen LogP contribution >= 0.6 is 24.0 Å². The van der Waals surface area contributed by atoms with Crippen LogP contribution in [-0.2, 0) is 9.47 Å². The van der Waals surface area contributed by atoms with E-state index in [2.05, 4.69) is 46.8 Å². The number of hydrogen-bond donors (Lipinski definition) is 2. The standard InChI is InChI=1S/C19H31N3O2.HI/c1-16(18-7-4-3-5-8-18)13-22-19(20-2)21-10-6-11-23-14-17-9-12-24-15-17;/h3-5,7-8,16-17H,6,9-15H2,1-2H3,(H2,20,21,22);1H. The second kappa shape index (κ2) is 13.4. The highest BCUT2D eigenvalue weighted by molar-refractivity contribution is 14.0. The van der Waals surface area contributed by atoms with Crippen LogP contribution in [0.5, 0.6) is 0 Å². The molecule has 0 aromatic heterocycles. The minimum absolute atomic E-state index is 0. The van der Waals surface area contributed by atoms with E-state index in [0.29, 0.717) is 11.8 Å². The molecule has 0 aliphatic carbocycles. The number of hydrogen-bond acceptors (Lipinski definition) is 3. The summed E-state index contributed by atoms with van der Waals surface area (Å²) in [6.07, 6.45) is 2.11. The molecular weight excluding hydrogens is 429 g/mol. The van der Waals surface area contributed by atoms with Gasteiger partial charge < -0.3 is 20.1 Å². The molecule has 0 saturated carbocycles. The van der Waals surface area contributed by atoms with Crippen molar-refractivity contribution in [2.45, 2.75) is 25.7 Å².